The summed E-state index contributed by atoms with van der Waals surface area (Å²) in [4.78, 5) is 18.0. The van der Waals surface area contributed by atoms with Crippen LogP contribution in [0.5, 0.6) is 0 Å². The molecule has 48 valence electrons. The standard InChI is InChI=1S/C2H2O4.Mo.H3N/c3-1(4)2(5)6;;/h(H,3,4)(H,5,6);;1H3. The molecule has 0 amide bonds. The zero-order valence-electron chi connectivity index (χ0n) is 4.08. The van der Waals surface area contributed by atoms with E-state index in [-0.39, 0.29) is 27.2 Å². The van der Waals surface area contributed by atoms with Gasteiger partial charge < -0.3 is 21.2 Å². The van der Waals surface area contributed by atoms with Crippen LogP contribution in [-0.2, 0) is 30.7 Å². The van der Waals surface area contributed by atoms with Gasteiger partial charge in [0.1, 0.15) is 0 Å². The molecule has 0 aliphatic rings. The van der Waals surface area contributed by atoms with Gasteiger partial charge >= 0.3 is 5.97 Å². The van der Waals surface area contributed by atoms with Gasteiger partial charge in [-0.15, -0.1) is 0 Å². The fourth-order valence-electron chi connectivity index (χ4n) is 0. The van der Waals surface area contributed by atoms with E-state index in [0.717, 1.165) is 0 Å². The Morgan fingerprint density at radius 2 is 1.50 bits per heavy atom. The Kier molecular flexibility index (Phi) is 12.9. The van der Waals surface area contributed by atoms with Crippen molar-refractivity contribution < 1.29 is 40.9 Å². The Hall–Kier alpha value is -0.412. The molecule has 0 saturated heterocycles. The van der Waals surface area contributed by atoms with Gasteiger partial charge in [0, 0.05) is 21.1 Å². The molecule has 0 aromatic heterocycles. The molecule has 0 aliphatic heterocycles. The van der Waals surface area contributed by atoms with Gasteiger partial charge in [-0.25, -0.2) is 4.79 Å². The summed E-state index contributed by atoms with van der Waals surface area (Å²) >= 11 is 0. The number of hydrogen-bond donors (Lipinski definition) is 2. The van der Waals surface area contributed by atoms with E-state index in [1.54, 1.807) is 0 Å². The summed E-state index contributed by atoms with van der Waals surface area (Å²) in [5.41, 5.74) is 0. The SMILES string of the molecule is O=C([O-])C(=O)O.[Mo].[NH4+]. The van der Waals surface area contributed by atoms with Gasteiger partial charge in [-0.05, 0) is 0 Å². The van der Waals surface area contributed by atoms with Crippen molar-refractivity contribution >= 4 is 11.9 Å². The number of carbonyl (C=O) groups excluding carboxylic acids is 1. The monoisotopic (exact) mass is 205 g/mol. The molecule has 0 aliphatic carbocycles. The van der Waals surface area contributed by atoms with Crippen LogP contribution in [0, 0.1) is 0 Å². The summed E-state index contributed by atoms with van der Waals surface area (Å²) in [6, 6.07) is 0. The summed E-state index contributed by atoms with van der Waals surface area (Å²) in [6.07, 6.45) is 0. The third-order valence-corrected chi connectivity index (χ3v) is 0.175. The summed E-state index contributed by atoms with van der Waals surface area (Å²) in [7, 11) is 0. The Labute approximate surface area is 59.5 Å². The van der Waals surface area contributed by atoms with E-state index < -0.39 is 11.9 Å². The van der Waals surface area contributed by atoms with Crippen molar-refractivity contribution in [2.45, 2.75) is 0 Å². The number of rotatable bonds is 0. The first kappa shape index (κ1) is 15.6. The topological polar surface area (TPSA) is 114 Å². The second-order valence-electron chi connectivity index (χ2n) is 0.593. The fraction of sp³-hybridized carbons (Fsp3) is 0. The first-order valence-electron chi connectivity index (χ1n) is 1.09. The van der Waals surface area contributed by atoms with Crippen LogP contribution in [0.1, 0.15) is 0 Å². The smallest absolute Gasteiger partial charge is 0.351 e. The first-order chi connectivity index (χ1) is 2.64. The van der Waals surface area contributed by atoms with Crippen molar-refractivity contribution in [3.63, 3.8) is 0 Å². The van der Waals surface area contributed by atoms with Crippen LogP contribution in [-0.4, -0.2) is 17.0 Å². The summed E-state index contributed by atoms with van der Waals surface area (Å²) < 4.78 is 0. The average Bonchev–Trinajstić information content (AvgIpc) is 1.36. The predicted octanol–water partition coefficient (Wildman–Crippen LogP) is -1.81. The molecule has 0 spiro atoms. The maximum Gasteiger partial charge on any atom is 0.351 e. The Morgan fingerprint density at radius 3 is 1.50 bits per heavy atom. The molecule has 8 heavy (non-hydrogen) atoms. The van der Waals surface area contributed by atoms with E-state index in [2.05, 4.69) is 0 Å². The van der Waals surface area contributed by atoms with Crippen molar-refractivity contribution in [1.29, 1.82) is 0 Å². The van der Waals surface area contributed by atoms with E-state index in [9.17, 15) is 0 Å². The molecular formula is C2H5MoNO4. The van der Waals surface area contributed by atoms with Gasteiger partial charge in [-0.1, -0.05) is 0 Å². The largest absolute Gasteiger partial charge is 0.539 e. The fourth-order valence-corrected chi connectivity index (χ4v) is 0. The van der Waals surface area contributed by atoms with Crippen LogP contribution in [0.4, 0.5) is 0 Å². The molecule has 0 heterocycles. The predicted molar refractivity (Wildman–Crippen MR) is 18.6 cm³/mol. The van der Waals surface area contributed by atoms with Crippen molar-refractivity contribution in [3.8, 4) is 0 Å². The molecule has 0 aromatic carbocycles. The van der Waals surface area contributed by atoms with Crippen LogP contribution in [0.15, 0.2) is 0 Å². The van der Waals surface area contributed by atoms with Gasteiger partial charge in [0.15, 0.2) is 5.97 Å². The maximum absolute atomic E-state index is 9.04. The van der Waals surface area contributed by atoms with Gasteiger partial charge in [-0.2, -0.15) is 0 Å². The molecule has 5 N–H and O–H groups in total. The van der Waals surface area contributed by atoms with Crippen LogP contribution in [0.2, 0.25) is 0 Å². The van der Waals surface area contributed by atoms with Crippen molar-refractivity contribution in [2.24, 2.45) is 0 Å². The molecule has 0 saturated carbocycles. The second kappa shape index (κ2) is 6.59. The van der Waals surface area contributed by atoms with Gasteiger partial charge in [-0.3, -0.25) is 0 Å². The van der Waals surface area contributed by atoms with Crippen LogP contribution < -0.4 is 11.3 Å². The molecule has 0 aromatic rings. The zero-order chi connectivity index (χ0) is 5.15. The van der Waals surface area contributed by atoms with Gasteiger partial charge in [0.05, 0.1) is 0 Å². The number of aliphatic carboxylic acids is 2. The third-order valence-electron chi connectivity index (χ3n) is 0.175. The molecule has 0 unspecified atom stereocenters. The van der Waals surface area contributed by atoms with Gasteiger partial charge in [0.25, 0.3) is 0 Å². The van der Waals surface area contributed by atoms with E-state index >= 15 is 0 Å². The Morgan fingerprint density at radius 1 is 1.38 bits per heavy atom. The van der Waals surface area contributed by atoms with Gasteiger partial charge in [0.2, 0.25) is 0 Å². The average molecular weight is 203 g/mol. The van der Waals surface area contributed by atoms with E-state index in [0.29, 0.717) is 0 Å². The van der Waals surface area contributed by atoms with E-state index in [1.807, 2.05) is 0 Å². The number of quaternary nitrogens is 1. The first-order valence-corrected chi connectivity index (χ1v) is 1.09. The number of carboxylic acid groups (broad SMARTS) is 2. The number of carboxylic acids is 2. The maximum atomic E-state index is 9.04. The quantitative estimate of drug-likeness (QED) is 0.356. The molecule has 6 heteroatoms. The Balaban J connectivity index is -0.000000125. The molecule has 0 rings (SSSR count). The summed E-state index contributed by atoms with van der Waals surface area (Å²) in [5, 5.41) is 16.3. The minimum absolute atomic E-state index is 0. The minimum atomic E-state index is -2.07. The van der Waals surface area contributed by atoms with Crippen molar-refractivity contribution in [1.82, 2.24) is 6.15 Å². The normalized spacial score (nSPS) is 5.50. The molecule has 5 nitrogen and oxygen atoms in total. The number of carbonyl (C=O) groups is 2. The Bertz CT molecular complexity index is 80.0. The van der Waals surface area contributed by atoms with Crippen molar-refractivity contribution in [3.05, 3.63) is 0 Å². The van der Waals surface area contributed by atoms with Crippen LogP contribution in [0.3, 0.4) is 0 Å². The van der Waals surface area contributed by atoms with Crippen molar-refractivity contribution in [2.75, 3.05) is 0 Å². The molecule has 0 atom stereocenters. The summed E-state index contributed by atoms with van der Waals surface area (Å²) in [5.74, 6) is -4.01. The molecule has 0 bridgehead atoms. The molecule has 0 radical (unpaired) electrons. The van der Waals surface area contributed by atoms with E-state index in [4.69, 9.17) is 19.8 Å². The van der Waals surface area contributed by atoms with Crippen LogP contribution in [0.25, 0.3) is 0 Å². The second-order valence-corrected chi connectivity index (χ2v) is 0.593. The number of hydrogen-bond acceptors (Lipinski definition) is 3. The molecule has 0 fully saturated rings. The van der Waals surface area contributed by atoms with E-state index in [1.165, 1.54) is 0 Å². The minimum Gasteiger partial charge on any atom is -0.539 e. The summed E-state index contributed by atoms with van der Waals surface area (Å²) in [6.45, 7) is 0. The van der Waals surface area contributed by atoms with Crippen LogP contribution >= 0.6 is 0 Å². The molecular weight excluding hydrogens is 198 g/mol. The zero-order valence-corrected chi connectivity index (χ0v) is 6.09. The third kappa shape index (κ3) is 9.14.